The smallest absolute Gasteiger partial charge is 0.0540 e. The molecule has 1 heterocycles. The Kier molecular flexibility index (Phi) is 5.48. The predicted octanol–water partition coefficient (Wildman–Crippen LogP) is 12.2. The highest BCUT2D eigenvalue weighted by Gasteiger charge is 2.45. The monoisotopic (exact) mass is 597 g/mol. The molecule has 0 fully saturated rings. The molecule has 0 amide bonds. The Balaban J connectivity index is 1.31. The average molecular weight is 598 g/mol. The van der Waals surface area contributed by atoms with E-state index in [1.807, 2.05) is 0 Å². The quantitative estimate of drug-likeness (QED) is 0.134. The summed E-state index contributed by atoms with van der Waals surface area (Å²) in [6.45, 7) is 4.71. The third kappa shape index (κ3) is 3.49. The van der Waals surface area contributed by atoms with Gasteiger partial charge < -0.3 is 4.90 Å². The van der Waals surface area contributed by atoms with Crippen LogP contribution in [0.1, 0.15) is 23.1 Å². The van der Waals surface area contributed by atoms with Crippen LogP contribution in [0.25, 0.3) is 54.2 Å². The van der Waals surface area contributed by atoms with Crippen molar-refractivity contribution in [1.29, 1.82) is 0 Å². The molecule has 0 radical (unpaired) electrons. The van der Waals surface area contributed by atoms with E-state index in [4.69, 9.17) is 6.58 Å². The second kappa shape index (κ2) is 9.79. The predicted molar refractivity (Wildman–Crippen MR) is 200 cm³/mol. The highest BCUT2D eigenvalue weighted by molar-refractivity contribution is 6.34. The normalized spacial score (nSPS) is 16.5. The van der Waals surface area contributed by atoms with Crippen LogP contribution < -0.4 is 4.90 Å². The Morgan fingerprint density at radius 3 is 1.77 bits per heavy atom. The molecule has 0 N–H and O–H groups in total. The number of allylic oxidation sites excluding steroid dienone is 4. The Hall–Kier alpha value is -5.92. The first-order chi connectivity index (χ1) is 23.3. The zero-order valence-electron chi connectivity index (χ0n) is 25.9. The molecule has 1 spiro atoms. The van der Waals surface area contributed by atoms with E-state index < -0.39 is 0 Å². The van der Waals surface area contributed by atoms with Crippen LogP contribution in [0, 0.1) is 0 Å². The molecular weight excluding hydrogens is 567 g/mol. The number of anilines is 2. The topological polar surface area (TPSA) is 3.24 Å². The molecule has 1 aliphatic heterocycles. The summed E-state index contributed by atoms with van der Waals surface area (Å²) in [6.07, 6.45) is 9.67. The summed E-state index contributed by atoms with van der Waals surface area (Å²) in [6, 6.07) is 51.8. The fourth-order valence-corrected chi connectivity index (χ4v) is 8.80. The van der Waals surface area contributed by atoms with Crippen LogP contribution >= 0.6 is 0 Å². The van der Waals surface area contributed by atoms with Crippen molar-refractivity contribution >= 4 is 54.5 Å². The molecule has 1 nitrogen and oxygen atoms in total. The lowest BCUT2D eigenvalue weighted by atomic mass is 9.69. The van der Waals surface area contributed by atoms with Crippen LogP contribution in [0.5, 0.6) is 0 Å². The van der Waals surface area contributed by atoms with Crippen LogP contribution in [0.2, 0.25) is 0 Å². The molecule has 8 aromatic rings. The van der Waals surface area contributed by atoms with Crippen molar-refractivity contribution in [2.24, 2.45) is 0 Å². The maximum atomic E-state index is 4.71. The van der Waals surface area contributed by atoms with Gasteiger partial charge in [0.2, 0.25) is 0 Å². The molecule has 0 aromatic heterocycles. The van der Waals surface area contributed by atoms with Gasteiger partial charge in [-0.25, -0.2) is 0 Å². The van der Waals surface area contributed by atoms with Crippen molar-refractivity contribution in [1.82, 2.24) is 0 Å². The Labute approximate surface area is 274 Å². The highest BCUT2D eigenvalue weighted by atomic mass is 15.1. The van der Waals surface area contributed by atoms with E-state index in [9.17, 15) is 0 Å². The zero-order valence-corrected chi connectivity index (χ0v) is 25.9. The van der Waals surface area contributed by atoms with Gasteiger partial charge in [0, 0.05) is 11.1 Å². The highest BCUT2D eigenvalue weighted by Crippen LogP contribution is 2.57. The van der Waals surface area contributed by atoms with E-state index in [2.05, 4.69) is 169 Å². The summed E-state index contributed by atoms with van der Waals surface area (Å²) in [7, 11) is 0. The van der Waals surface area contributed by atoms with Crippen LogP contribution in [0.4, 0.5) is 11.4 Å². The molecule has 47 heavy (non-hydrogen) atoms. The van der Waals surface area contributed by atoms with E-state index in [0.717, 1.165) is 23.5 Å². The molecule has 0 atom stereocenters. The number of fused-ring (bicyclic) bond motifs is 9. The minimum Gasteiger partial charge on any atom is -0.310 e. The average Bonchev–Trinajstić information content (AvgIpc) is 3.41. The number of para-hydroxylation sites is 1. The van der Waals surface area contributed by atoms with Crippen molar-refractivity contribution in [3.63, 3.8) is 0 Å². The number of hydrogen-bond acceptors (Lipinski definition) is 1. The van der Waals surface area contributed by atoms with Crippen molar-refractivity contribution < 1.29 is 0 Å². The number of benzene rings is 8. The summed E-state index contributed by atoms with van der Waals surface area (Å²) in [5, 5.41) is 10.3. The molecule has 0 unspecified atom stereocenters. The molecule has 0 saturated heterocycles. The molecule has 0 bridgehead atoms. The summed E-state index contributed by atoms with van der Waals surface area (Å²) in [4.78, 5) is 2.40. The minimum absolute atomic E-state index is 0.356. The van der Waals surface area contributed by atoms with Gasteiger partial charge in [-0.15, -0.1) is 0 Å². The first kappa shape index (κ1) is 26.3. The van der Waals surface area contributed by atoms with Crippen LogP contribution in [0.3, 0.4) is 0 Å². The molecular formula is C46H31N. The molecule has 1 aliphatic carbocycles. The van der Waals surface area contributed by atoms with Gasteiger partial charge in [0.25, 0.3) is 0 Å². The van der Waals surface area contributed by atoms with E-state index in [-0.39, 0.29) is 5.41 Å². The van der Waals surface area contributed by atoms with E-state index >= 15 is 0 Å². The molecule has 10 rings (SSSR count). The second-order valence-electron chi connectivity index (χ2n) is 12.9. The van der Waals surface area contributed by atoms with Gasteiger partial charge in [-0.05, 0) is 90.2 Å². The van der Waals surface area contributed by atoms with Crippen molar-refractivity contribution in [3.8, 4) is 11.1 Å². The maximum Gasteiger partial charge on any atom is 0.0540 e. The van der Waals surface area contributed by atoms with E-state index in [1.165, 1.54) is 70.9 Å². The zero-order chi connectivity index (χ0) is 31.1. The lowest BCUT2D eigenvalue weighted by Crippen LogP contribution is -2.30. The van der Waals surface area contributed by atoms with E-state index in [0.29, 0.717) is 0 Å². The summed E-state index contributed by atoms with van der Waals surface area (Å²) in [5.74, 6) is 0. The fourth-order valence-electron chi connectivity index (χ4n) is 8.80. The van der Waals surface area contributed by atoms with Gasteiger partial charge in [-0.2, -0.15) is 0 Å². The SMILES string of the molecule is C=C1/C=C\C=C/CC2(c3ccccc3-c3ccccc32)c2ccccc2N1c1ccc2c3cccc4cccc(c5cccc1c52)c43. The standard InChI is InChI=1S/C46H31N/c1-30-14-3-2-10-29-46(39-23-6-4-17-32(39)33-18-5-7-24-40(33)46)41-25-8-9-26-43(41)47(30)42-28-27-37-35-20-12-16-31-15-11-19-34(44(31)35)36-21-13-22-38(42)45(36)37/h2-28H,1,29H2/b10-2-,14-3-. The largest absolute Gasteiger partial charge is 0.310 e. The molecule has 220 valence electrons. The number of rotatable bonds is 1. The first-order valence-corrected chi connectivity index (χ1v) is 16.4. The van der Waals surface area contributed by atoms with Crippen molar-refractivity contribution in [2.45, 2.75) is 11.8 Å². The maximum absolute atomic E-state index is 4.71. The Morgan fingerprint density at radius 2 is 1.04 bits per heavy atom. The fraction of sp³-hybridized carbons (Fsp3) is 0.0435. The third-order valence-electron chi connectivity index (χ3n) is 10.7. The van der Waals surface area contributed by atoms with Gasteiger partial charge in [0.05, 0.1) is 16.8 Å². The van der Waals surface area contributed by atoms with Crippen molar-refractivity contribution in [3.05, 3.63) is 193 Å². The van der Waals surface area contributed by atoms with Crippen LogP contribution in [0.15, 0.2) is 176 Å². The molecule has 8 aromatic carbocycles. The molecule has 1 heteroatoms. The third-order valence-corrected chi connectivity index (χ3v) is 10.7. The Bertz CT molecular complexity index is 2540. The lowest BCUT2D eigenvalue weighted by molar-refractivity contribution is 0.645. The van der Waals surface area contributed by atoms with Gasteiger partial charge >= 0.3 is 0 Å². The Morgan fingerprint density at radius 1 is 0.468 bits per heavy atom. The van der Waals surface area contributed by atoms with Crippen molar-refractivity contribution in [2.75, 3.05) is 4.90 Å². The van der Waals surface area contributed by atoms with Crippen LogP contribution in [-0.2, 0) is 5.41 Å². The van der Waals surface area contributed by atoms with Gasteiger partial charge in [0.1, 0.15) is 0 Å². The molecule has 0 saturated carbocycles. The molecule has 2 aliphatic rings. The van der Waals surface area contributed by atoms with Gasteiger partial charge in [-0.3, -0.25) is 0 Å². The first-order valence-electron chi connectivity index (χ1n) is 16.4. The summed E-state index contributed by atoms with van der Waals surface area (Å²) < 4.78 is 0. The van der Waals surface area contributed by atoms with Gasteiger partial charge in [-0.1, -0.05) is 152 Å². The summed E-state index contributed by atoms with van der Waals surface area (Å²) in [5.41, 5.74) is 9.50. The minimum atomic E-state index is -0.356. The lowest BCUT2D eigenvalue weighted by Gasteiger charge is -2.38. The van der Waals surface area contributed by atoms with E-state index in [1.54, 1.807) is 0 Å². The number of hydrogen-bond donors (Lipinski definition) is 0. The number of nitrogens with zero attached hydrogens (tertiary/aromatic N) is 1. The van der Waals surface area contributed by atoms with Crippen LogP contribution in [-0.4, -0.2) is 0 Å². The second-order valence-corrected chi connectivity index (χ2v) is 12.9. The summed E-state index contributed by atoms with van der Waals surface area (Å²) >= 11 is 0. The van der Waals surface area contributed by atoms with Gasteiger partial charge in [0.15, 0.2) is 0 Å².